The zero-order valence-electron chi connectivity index (χ0n) is 14.9. The van der Waals surface area contributed by atoms with Crippen LogP contribution in [0.15, 0.2) is 24.3 Å². The van der Waals surface area contributed by atoms with Crippen molar-refractivity contribution in [1.29, 1.82) is 0 Å². The first-order chi connectivity index (χ1) is 12.8. The molecule has 3 rings (SSSR count). The number of halogens is 3. The number of piperidine rings is 1. The standard InChI is InChI=1S/C18H23F3N6/c19-18(20,21)14-3-1-2-13(10-14)5-4-12-6-8-27(9-7-12)11-15-24-16(22)26-17(23)25-15/h1-3,10,12H,4-9,11H2,(H4,22,23,24,25,26). The molecule has 0 amide bonds. The molecule has 2 heterocycles. The van der Waals surface area contributed by atoms with E-state index in [1.807, 2.05) is 0 Å². The number of rotatable bonds is 5. The van der Waals surface area contributed by atoms with Gasteiger partial charge >= 0.3 is 6.18 Å². The molecule has 0 spiro atoms. The van der Waals surface area contributed by atoms with Crippen LogP contribution in [-0.2, 0) is 19.1 Å². The minimum absolute atomic E-state index is 0.119. The van der Waals surface area contributed by atoms with Crippen molar-refractivity contribution in [2.24, 2.45) is 5.92 Å². The number of anilines is 2. The van der Waals surface area contributed by atoms with Crippen molar-refractivity contribution in [3.8, 4) is 0 Å². The first-order valence-electron chi connectivity index (χ1n) is 8.94. The fourth-order valence-corrected chi connectivity index (χ4v) is 3.43. The predicted octanol–water partition coefficient (Wildman–Crippen LogP) is 2.90. The van der Waals surface area contributed by atoms with E-state index >= 15 is 0 Å². The zero-order valence-corrected chi connectivity index (χ0v) is 14.9. The van der Waals surface area contributed by atoms with Gasteiger partial charge in [0.05, 0.1) is 12.1 Å². The maximum atomic E-state index is 12.8. The zero-order chi connectivity index (χ0) is 19.4. The van der Waals surface area contributed by atoms with Crippen molar-refractivity contribution < 1.29 is 13.2 Å². The van der Waals surface area contributed by atoms with Gasteiger partial charge in [0.25, 0.3) is 0 Å². The SMILES string of the molecule is Nc1nc(N)nc(CN2CCC(CCc3cccc(C(F)(F)F)c3)CC2)n1. The van der Waals surface area contributed by atoms with Crippen molar-refractivity contribution in [2.75, 3.05) is 24.6 Å². The van der Waals surface area contributed by atoms with Crippen LogP contribution in [0.1, 0.15) is 36.2 Å². The molecule has 9 heteroatoms. The van der Waals surface area contributed by atoms with Crippen LogP contribution in [0, 0.1) is 5.92 Å². The summed E-state index contributed by atoms with van der Waals surface area (Å²) < 4.78 is 38.4. The van der Waals surface area contributed by atoms with Gasteiger partial charge in [0, 0.05) is 0 Å². The Balaban J connectivity index is 1.47. The summed E-state index contributed by atoms with van der Waals surface area (Å²) in [5, 5.41) is 0. The van der Waals surface area contributed by atoms with Gasteiger partial charge < -0.3 is 11.5 Å². The molecule has 1 fully saturated rings. The lowest BCUT2D eigenvalue weighted by Gasteiger charge is -2.31. The monoisotopic (exact) mass is 380 g/mol. The first kappa shape index (κ1) is 19.3. The fraction of sp³-hybridized carbons (Fsp3) is 0.500. The number of hydrogen-bond acceptors (Lipinski definition) is 6. The highest BCUT2D eigenvalue weighted by Gasteiger charge is 2.30. The van der Waals surface area contributed by atoms with Crippen LogP contribution in [0.25, 0.3) is 0 Å². The predicted molar refractivity (Wildman–Crippen MR) is 96.4 cm³/mol. The van der Waals surface area contributed by atoms with Gasteiger partial charge in [-0.05, 0) is 56.3 Å². The number of benzene rings is 1. The molecule has 1 aromatic carbocycles. The highest BCUT2D eigenvalue weighted by Crippen LogP contribution is 2.30. The summed E-state index contributed by atoms with van der Waals surface area (Å²) in [7, 11) is 0. The minimum Gasteiger partial charge on any atom is -0.368 e. The van der Waals surface area contributed by atoms with Crippen molar-refractivity contribution in [2.45, 2.75) is 38.4 Å². The number of alkyl halides is 3. The van der Waals surface area contributed by atoms with Gasteiger partial charge in [0.15, 0.2) is 0 Å². The Morgan fingerprint density at radius 1 is 1.04 bits per heavy atom. The maximum Gasteiger partial charge on any atom is 0.416 e. The van der Waals surface area contributed by atoms with E-state index in [2.05, 4.69) is 19.9 Å². The summed E-state index contributed by atoms with van der Waals surface area (Å²) in [6, 6.07) is 5.61. The summed E-state index contributed by atoms with van der Waals surface area (Å²) in [5.41, 5.74) is 11.3. The summed E-state index contributed by atoms with van der Waals surface area (Å²) in [6.45, 7) is 2.34. The molecule has 0 saturated carbocycles. The van der Waals surface area contributed by atoms with Gasteiger partial charge in [0.1, 0.15) is 5.82 Å². The number of nitrogens with two attached hydrogens (primary N) is 2. The second kappa shape index (κ2) is 8.08. The van der Waals surface area contributed by atoms with Crippen LogP contribution < -0.4 is 11.5 Å². The lowest BCUT2D eigenvalue weighted by molar-refractivity contribution is -0.137. The lowest BCUT2D eigenvalue weighted by Crippen LogP contribution is -2.34. The third-order valence-corrected chi connectivity index (χ3v) is 4.88. The molecule has 1 aliphatic heterocycles. The van der Waals surface area contributed by atoms with E-state index in [4.69, 9.17) is 11.5 Å². The molecule has 0 aliphatic carbocycles. The molecule has 1 saturated heterocycles. The summed E-state index contributed by atoms with van der Waals surface area (Å²) in [4.78, 5) is 14.2. The van der Waals surface area contributed by atoms with Gasteiger partial charge in [-0.1, -0.05) is 18.2 Å². The Morgan fingerprint density at radius 3 is 2.33 bits per heavy atom. The van der Waals surface area contributed by atoms with E-state index < -0.39 is 11.7 Å². The van der Waals surface area contributed by atoms with Crippen LogP contribution >= 0.6 is 0 Å². The molecular formula is C18H23F3N6. The lowest BCUT2D eigenvalue weighted by atomic mass is 9.90. The molecule has 0 radical (unpaired) electrons. The Kier molecular flexibility index (Phi) is 5.79. The number of nitrogens with zero attached hydrogens (tertiary/aromatic N) is 4. The van der Waals surface area contributed by atoms with Crippen LogP contribution in [0.2, 0.25) is 0 Å². The smallest absolute Gasteiger partial charge is 0.368 e. The number of hydrogen-bond donors (Lipinski definition) is 2. The van der Waals surface area contributed by atoms with Crippen molar-refractivity contribution in [3.63, 3.8) is 0 Å². The number of likely N-dealkylation sites (tertiary alicyclic amines) is 1. The van der Waals surface area contributed by atoms with Gasteiger partial charge in [-0.15, -0.1) is 0 Å². The minimum atomic E-state index is -4.29. The van der Waals surface area contributed by atoms with Crippen molar-refractivity contribution >= 4 is 11.9 Å². The summed E-state index contributed by atoms with van der Waals surface area (Å²) in [5.74, 6) is 1.30. The first-order valence-corrected chi connectivity index (χ1v) is 8.94. The number of aromatic nitrogens is 3. The van der Waals surface area contributed by atoms with E-state index in [-0.39, 0.29) is 11.9 Å². The molecule has 4 N–H and O–H groups in total. The highest BCUT2D eigenvalue weighted by atomic mass is 19.4. The van der Waals surface area contributed by atoms with Gasteiger partial charge in [-0.25, -0.2) is 0 Å². The maximum absolute atomic E-state index is 12.8. The van der Waals surface area contributed by atoms with Crippen molar-refractivity contribution in [1.82, 2.24) is 19.9 Å². The quantitative estimate of drug-likeness (QED) is 0.828. The van der Waals surface area contributed by atoms with Crippen LogP contribution in [-0.4, -0.2) is 32.9 Å². The number of aryl methyl sites for hydroxylation is 1. The van der Waals surface area contributed by atoms with Gasteiger partial charge in [-0.2, -0.15) is 28.1 Å². The average Bonchev–Trinajstić information content (AvgIpc) is 2.60. The van der Waals surface area contributed by atoms with Crippen LogP contribution in [0.4, 0.5) is 25.1 Å². The molecule has 1 aromatic heterocycles. The second-order valence-electron chi connectivity index (χ2n) is 6.92. The summed E-state index contributed by atoms with van der Waals surface area (Å²) >= 11 is 0. The Labute approximate surface area is 155 Å². The van der Waals surface area contributed by atoms with E-state index in [0.29, 0.717) is 24.7 Å². The fourth-order valence-electron chi connectivity index (χ4n) is 3.43. The molecule has 146 valence electrons. The Bertz CT molecular complexity index is 752. The molecule has 0 unspecified atom stereocenters. The largest absolute Gasteiger partial charge is 0.416 e. The van der Waals surface area contributed by atoms with E-state index in [0.717, 1.165) is 44.0 Å². The van der Waals surface area contributed by atoms with E-state index in [9.17, 15) is 13.2 Å². The van der Waals surface area contributed by atoms with Crippen molar-refractivity contribution in [3.05, 3.63) is 41.2 Å². The average molecular weight is 380 g/mol. The third-order valence-electron chi connectivity index (χ3n) is 4.88. The van der Waals surface area contributed by atoms with Crippen LogP contribution in [0.3, 0.4) is 0 Å². The van der Waals surface area contributed by atoms with E-state index in [1.54, 1.807) is 6.07 Å². The third kappa shape index (κ3) is 5.53. The Morgan fingerprint density at radius 2 is 1.70 bits per heavy atom. The molecule has 1 aliphatic rings. The topological polar surface area (TPSA) is 93.9 Å². The molecule has 0 bridgehead atoms. The molecule has 27 heavy (non-hydrogen) atoms. The van der Waals surface area contributed by atoms with Crippen LogP contribution in [0.5, 0.6) is 0 Å². The molecule has 0 atom stereocenters. The second-order valence-corrected chi connectivity index (χ2v) is 6.92. The molecule has 2 aromatic rings. The summed E-state index contributed by atoms with van der Waals surface area (Å²) in [6.07, 6.45) is -0.747. The van der Waals surface area contributed by atoms with E-state index in [1.165, 1.54) is 12.1 Å². The van der Waals surface area contributed by atoms with Gasteiger partial charge in [-0.3, -0.25) is 4.90 Å². The highest BCUT2D eigenvalue weighted by molar-refractivity contribution is 5.26. The van der Waals surface area contributed by atoms with Gasteiger partial charge in [0.2, 0.25) is 11.9 Å². The normalized spacial score (nSPS) is 16.6. The molecule has 6 nitrogen and oxygen atoms in total. The Hall–Kier alpha value is -2.42. The molecular weight excluding hydrogens is 357 g/mol. The number of nitrogen functional groups attached to an aromatic ring is 2.